The van der Waals surface area contributed by atoms with Gasteiger partial charge in [0.15, 0.2) is 0 Å². The fourth-order valence-corrected chi connectivity index (χ4v) is 1.77. The Hall–Kier alpha value is -0.170. The largest absolute Gasteiger partial charge is 0.333 e. The van der Waals surface area contributed by atoms with Crippen molar-refractivity contribution < 1.29 is 12.6 Å². The van der Waals surface area contributed by atoms with Crippen molar-refractivity contribution in [1.29, 1.82) is 0 Å². The van der Waals surface area contributed by atoms with Crippen molar-refractivity contribution in [1.82, 2.24) is 4.90 Å². The smallest absolute Gasteiger partial charge is 0.301 e. The Morgan fingerprint density at radius 1 is 1.23 bits per heavy atom. The molecule has 0 unspecified atom stereocenters. The number of nitrogens with zero attached hydrogens (tertiary/aromatic N) is 1. The second-order valence-corrected chi connectivity index (χ2v) is 4.44. The molecule has 5 nitrogen and oxygen atoms in total. The van der Waals surface area contributed by atoms with Gasteiger partial charge in [0.05, 0.1) is 6.61 Å². The molecule has 1 aliphatic heterocycles. The molecule has 0 saturated carbocycles. The molecule has 0 bridgehead atoms. The molecule has 1 saturated heterocycles. The molecular weight excluding hydrogens is 192 g/mol. The summed E-state index contributed by atoms with van der Waals surface area (Å²) in [6, 6.07) is 0. The molecule has 1 aliphatic rings. The maximum Gasteiger partial charge on any atom is 0.333 e. The lowest BCUT2D eigenvalue weighted by Gasteiger charge is -2.25. The molecule has 78 valence electrons. The Morgan fingerprint density at radius 2 is 1.85 bits per heavy atom. The van der Waals surface area contributed by atoms with E-state index in [1.54, 1.807) is 0 Å². The van der Waals surface area contributed by atoms with Crippen LogP contribution in [0.25, 0.3) is 0 Å². The molecule has 0 radical (unpaired) electrons. The SMILES string of the molecule is NS(=O)(=O)OCCN1CCCCC1. The highest BCUT2D eigenvalue weighted by molar-refractivity contribution is 7.84. The Balaban J connectivity index is 2.11. The van der Waals surface area contributed by atoms with Gasteiger partial charge in [-0.25, -0.2) is 5.14 Å². The topological polar surface area (TPSA) is 72.6 Å². The third-order valence-corrected chi connectivity index (χ3v) is 2.60. The summed E-state index contributed by atoms with van der Waals surface area (Å²) >= 11 is 0. The van der Waals surface area contributed by atoms with Crippen LogP contribution in [0.2, 0.25) is 0 Å². The van der Waals surface area contributed by atoms with Gasteiger partial charge in [0, 0.05) is 6.54 Å². The van der Waals surface area contributed by atoms with E-state index in [9.17, 15) is 8.42 Å². The van der Waals surface area contributed by atoms with Crippen LogP contribution in [0.5, 0.6) is 0 Å². The van der Waals surface area contributed by atoms with E-state index in [0.29, 0.717) is 6.54 Å². The highest BCUT2D eigenvalue weighted by Crippen LogP contribution is 2.07. The lowest BCUT2D eigenvalue weighted by atomic mass is 10.1. The van der Waals surface area contributed by atoms with Gasteiger partial charge in [-0.2, -0.15) is 8.42 Å². The normalized spacial score (nSPS) is 20.4. The van der Waals surface area contributed by atoms with Gasteiger partial charge in [-0.05, 0) is 25.9 Å². The maximum absolute atomic E-state index is 10.4. The maximum atomic E-state index is 10.4. The molecule has 0 aromatic heterocycles. The first-order valence-electron chi connectivity index (χ1n) is 4.47. The second-order valence-electron chi connectivity index (χ2n) is 3.22. The molecule has 0 aromatic carbocycles. The average Bonchev–Trinajstić information content (AvgIpc) is 2.04. The average molecular weight is 208 g/mol. The molecule has 1 heterocycles. The van der Waals surface area contributed by atoms with Crippen LogP contribution in [0, 0.1) is 0 Å². The summed E-state index contributed by atoms with van der Waals surface area (Å²) in [5.74, 6) is 0. The third kappa shape index (κ3) is 5.20. The summed E-state index contributed by atoms with van der Waals surface area (Å²) in [6.07, 6.45) is 3.65. The lowest BCUT2D eigenvalue weighted by Crippen LogP contribution is -2.33. The van der Waals surface area contributed by atoms with Gasteiger partial charge in [0.2, 0.25) is 0 Å². The number of hydrogen-bond acceptors (Lipinski definition) is 4. The molecule has 6 heteroatoms. The minimum atomic E-state index is -3.75. The molecule has 2 N–H and O–H groups in total. The van der Waals surface area contributed by atoms with E-state index in [4.69, 9.17) is 0 Å². The highest BCUT2D eigenvalue weighted by Gasteiger charge is 2.10. The minimum absolute atomic E-state index is 0.166. The fourth-order valence-electron chi connectivity index (χ4n) is 1.47. The van der Waals surface area contributed by atoms with Crippen molar-refractivity contribution in [3.05, 3.63) is 0 Å². The number of nitrogens with two attached hydrogens (primary N) is 1. The number of likely N-dealkylation sites (tertiary alicyclic amines) is 1. The zero-order chi connectivity index (χ0) is 9.73. The van der Waals surface area contributed by atoms with Crippen LogP contribution in [-0.4, -0.2) is 39.6 Å². The Kier molecular flexibility index (Phi) is 4.11. The lowest BCUT2D eigenvalue weighted by molar-refractivity contribution is 0.186. The summed E-state index contributed by atoms with van der Waals surface area (Å²) in [4.78, 5) is 2.19. The summed E-state index contributed by atoms with van der Waals surface area (Å²) in [5, 5.41) is 4.68. The molecule has 0 spiro atoms. The van der Waals surface area contributed by atoms with Crippen molar-refractivity contribution in [2.75, 3.05) is 26.2 Å². The Morgan fingerprint density at radius 3 is 2.38 bits per heavy atom. The third-order valence-electron chi connectivity index (χ3n) is 2.10. The molecule has 0 amide bonds. The molecule has 0 aromatic rings. The van der Waals surface area contributed by atoms with Crippen LogP contribution in [-0.2, 0) is 14.5 Å². The molecule has 0 atom stereocenters. The van der Waals surface area contributed by atoms with Crippen molar-refractivity contribution in [2.45, 2.75) is 19.3 Å². The van der Waals surface area contributed by atoms with Gasteiger partial charge in [0.1, 0.15) is 0 Å². The first kappa shape index (κ1) is 10.9. The van der Waals surface area contributed by atoms with E-state index in [1.807, 2.05) is 0 Å². The van der Waals surface area contributed by atoms with Crippen LogP contribution in [0.1, 0.15) is 19.3 Å². The van der Waals surface area contributed by atoms with Gasteiger partial charge < -0.3 is 4.90 Å². The first-order valence-corrected chi connectivity index (χ1v) is 5.94. The second kappa shape index (κ2) is 4.90. The van der Waals surface area contributed by atoms with Gasteiger partial charge in [0.25, 0.3) is 0 Å². The monoisotopic (exact) mass is 208 g/mol. The van der Waals surface area contributed by atoms with Crippen LogP contribution in [0.15, 0.2) is 0 Å². The van der Waals surface area contributed by atoms with Crippen molar-refractivity contribution in [2.24, 2.45) is 5.14 Å². The molecule has 1 rings (SSSR count). The predicted octanol–water partition coefficient (Wildman–Crippen LogP) is -0.308. The Labute approximate surface area is 79.1 Å². The molecule has 1 fully saturated rings. The van der Waals surface area contributed by atoms with Crippen LogP contribution in [0.4, 0.5) is 0 Å². The molecule has 0 aliphatic carbocycles. The van der Waals surface area contributed by atoms with E-state index in [2.05, 4.69) is 14.2 Å². The predicted molar refractivity (Wildman–Crippen MR) is 49.4 cm³/mol. The Bertz CT molecular complexity index is 234. The summed E-state index contributed by atoms with van der Waals surface area (Å²) in [6.45, 7) is 2.89. The highest BCUT2D eigenvalue weighted by atomic mass is 32.2. The zero-order valence-electron chi connectivity index (χ0n) is 7.61. The van der Waals surface area contributed by atoms with E-state index < -0.39 is 10.3 Å². The fraction of sp³-hybridized carbons (Fsp3) is 1.00. The van der Waals surface area contributed by atoms with E-state index in [0.717, 1.165) is 13.1 Å². The summed E-state index contributed by atoms with van der Waals surface area (Å²) < 4.78 is 25.3. The van der Waals surface area contributed by atoms with Crippen LogP contribution >= 0.6 is 0 Å². The minimum Gasteiger partial charge on any atom is -0.301 e. The van der Waals surface area contributed by atoms with E-state index >= 15 is 0 Å². The van der Waals surface area contributed by atoms with Gasteiger partial charge in [-0.15, -0.1) is 0 Å². The first-order chi connectivity index (χ1) is 6.08. The summed E-state index contributed by atoms with van der Waals surface area (Å²) in [7, 11) is -3.75. The number of piperidine rings is 1. The standard InChI is InChI=1S/C7H16N2O3S/c8-13(10,11)12-7-6-9-4-2-1-3-5-9/h1-7H2,(H2,8,10,11). The quantitative estimate of drug-likeness (QED) is 0.688. The molecular formula is C7H16N2O3S. The number of rotatable bonds is 4. The van der Waals surface area contributed by atoms with Gasteiger partial charge in [-0.3, -0.25) is 4.18 Å². The van der Waals surface area contributed by atoms with Gasteiger partial charge in [-0.1, -0.05) is 6.42 Å². The van der Waals surface area contributed by atoms with Crippen LogP contribution in [0.3, 0.4) is 0 Å². The van der Waals surface area contributed by atoms with E-state index in [1.165, 1.54) is 19.3 Å². The van der Waals surface area contributed by atoms with Crippen molar-refractivity contribution >= 4 is 10.3 Å². The van der Waals surface area contributed by atoms with E-state index in [-0.39, 0.29) is 6.61 Å². The van der Waals surface area contributed by atoms with Gasteiger partial charge >= 0.3 is 10.3 Å². The number of hydrogen-bond donors (Lipinski definition) is 1. The van der Waals surface area contributed by atoms with Crippen LogP contribution < -0.4 is 5.14 Å². The van der Waals surface area contributed by atoms with Crippen molar-refractivity contribution in [3.63, 3.8) is 0 Å². The summed E-state index contributed by atoms with van der Waals surface area (Å²) in [5.41, 5.74) is 0. The zero-order valence-corrected chi connectivity index (χ0v) is 8.42. The molecule has 13 heavy (non-hydrogen) atoms. The van der Waals surface area contributed by atoms with Crippen molar-refractivity contribution in [3.8, 4) is 0 Å².